The molecule has 1 fully saturated rings. The number of amides is 1. The first kappa shape index (κ1) is 13.6. The number of fused-ring (bicyclic) bond motifs is 1. The van der Waals surface area contributed by atoms with Gasteiger partial charge >= 0.3 is 0 Å². The maximum atomic E-state index is 12.2. The Bertz CT molecular complexity index is 522. The van der Waals surface area contributed by atoms with Gasteiger partial charge in [0.05, 0.1) is 12.0 Å². The molecule has 2 aliphatic rings. The monoisotopic (exact) mass is 275 g/mol. The summed E-state index contributed by atoms with van der Waals surface area (Å²) in [4.78, 5) is 14.0. The normalized spacial score (nSPS) is 26.9. The van der Waals surface area contributed by atoms with E-state index in [4.69, 9.17) is 4.74 Å². The van der Waals surface area contributed by atoms with E-state index in [0.717, 1.165) is 36.3 Å². The predicted octanol–water partition coefficient (Wildman–Crippen LogP) is 2.37. The topological polar surface area (TPSA) is 49.8 Å². The minimum Gasteiger partial charge on any atom is -0.386 e. The predicted molar refractivity (Wildman–Crippen MR) is 76.8 cm³/mol. The Balaban J connectivity index is 1.92. The van der Waals surface area contributed by atoms with Crippen molar-refractivity contribution in [1.82, 2.24) is 0 Å². The number of carbonyl (C=O) groups excluding carboxylic acids is 1. The summed E-state index contributed by atoms with van der Waals surface area (Å²) in [5.74, 6) is 0.0212. The van der Waals surface area contributed by atoms with Crippen LogP contribution in [0.3, 0.4) is 0 Å². The molecule has 0 aromatic heterocycles. The smallest absolute Gasteiger partial charge is 0.234 e. The Hall–Kier alpha value is -1.39. The number of benzene rings is 1. The molecule has 1 amide bonds. The molecule has 1 saturated heterocycles. The lowest BCUT2D eigenvalue weighted by molar-refractivity contribution is -0.118. The fourth-order valence-corrected chi connectivity index (χ4v) is 3.23. The first-order valence-electron chi connectivity index (χ1n) is 7.38. The number of aliphatic hydroxyl groups excluding tert-OH is 1. The molecule has 1 aromatic rings. The Morgan fingerprint density at radius 1 is 1.50 bits per heavy atom. The fourth-order valence-electron chi connectivity index (χ4n) is 3.23. The lowest BCUT2D eigenvalue weighted by Crippen LogP contribution is -2.27. The molecule has 3 atom stereocenters. The molecule has 4 nitrogen and oxygen atoms in total. The van der Waals surface area contributed by atoms with Crippen molar-refractivity contribution >= 4 is 11.6 Å². The summed E-state index contributed by atoms with van der Waals surface area (Å²) in [7, 11) is 0. The van der Waals surface area contributed by atoms with E-state index in [1.54, 1.807) is 0 Å². The zero-order chi connectivity index (χ0) is 14.3. The van der Waals surface area contributed by atoms with Crippen LogP contribution in [0.4, 0.5) is 5.69 Å². The number of ether oxygens (including phenoxy) is 1. The minimum atomic E-state index is -0.597. The van der Waals surface area contributed by atoms with Crippen molar-refractivity contribution in [1.29, 1.82) is 0 Å². The lowest BCUT2D eigenvalue weighted by atomic mass is 9.96. The summed E-state index contributed by atoms with van der Waals surface area (Å²) in [6.45, 7) is 5.32. The Labute approximate surface area is 119 Å². The molecule has 2 heterocycles. The second-order valence-electron chi connectivity index (χ2n) is 5.62. The van der Waals surface area contributed by atoms with E-state index in [1.165, 1.54) is 0 Å². The summed E-state index contributed by atoms with van der Waals surface area (Å²) < 4.78 is 5.55. The Morgan fingerprint density at radius 2 is 2.30 bits per heavy atom. The summed E-state index contributed by atoms with van der Waals surface area (Å²) in [5.41, 5.74) is 2.85. The highest BCUT2D eigenvalue weighted by Crippen LogP contribution is 2.39. The number of nitrogens with zero attached hydrogens (tertiary/aromatic N) is 1. The maximum absolute atomic E-state index is 12.2. The van der Waals surface area contributed by atoms with E-state index in [9.17, 15) is 9.90 Å². The third-order valence-corrected chi connectivity index (χ3v) is 4.42. The van der Waals surface area contributed by atoms with E-state index >= 15 is 0 Å². The molecule has 0 saturated carbocycles. The van der Waals surface area contributed by atoms with Crippen LogP contribution in [0.15, 0.2) is 18.2 Å². The molecule has 0 bridgehead atoms. The second-order valence-corrected chi connectivity index (χ2v) is 5.62. The van der Waals surface area contributed by atoms with Crippen LogP contribution in [0.25, 0.3) is 0 Å². The van der Waals surface area contributed by atoms with Gasteiger partial charge in [-0.15, -0.1) is 0 Å². The van der Waals surface area contributed by atoms with Gasteiger partial charge in [0.1, 0.15) is 6.10 Å². The van der Waals surface area contributed by atoms with Crippen LogP contribution >= 0.6 is 0 Å². The van der Waals surface area contributed by atoms with Crippen molar-refractivity contribution in [2.75, 3.05) is 18.1 Å². The molecular weight excluding hydrogens is 254 g/mol. The highest BCUT2D eigenvalue weighted by Gasteiger charge is 2.34. The molecule has 0 spiro atoms. The summed E-state index contributed by atoms with van der Waals surface area (Å²) >= 11 is 0. The molecule has 20 heavy (non-hydrogen) atoms. The first-order chi connectivity index (χ1) is 9.63. The van der Waals surface area contributed by atoms with Gasteiger partial charge < -0.3 is 14.7 Å². The minimum absolute atomic E-state index is 0.109. The van der Waals surface area contributed by atoms with Crippen LogP contribution in [0, 0.1) is 0 Å². The standard InChI is InChI=1S/C16H21NO3/c1-3-17-13-7-6-11(9-12(13)10(2)16(17)19)15(18)14-5-4-8-20-14/h6-7,9-10,14-15,18H,3-5,8H2,1-2H3. The molecule has 0 aliphatic carbocycles. The van der Waals surface area contributed by atoms with Gasteiger partial charge in [-0.25, -0.2) is 0 Å². The fraction of sp³-hybridized carbons (Fsp3) is 0.562. The van der Waals surface area contributed by atoms with E-state index < -0.39 is 6.10 Å². The number of carbonyl (C=O) groups is 1. The third-order valence-electron chi connectivity index (χ3n) is 4.42. The van der Waals surface area contributed by atoms with Gasteiger partial charge in [0.15, 0.2) is 0 Å². The first-order valence-corrected chi connectivity index (χ1v) is 7.38. The number of aliphatic hydroxyl groups is 1. The zero-order valence-electron chi connectivity index (χ0n) is 12.0. The van der Waals surface area contributed by atoms with E-state index in [1.807, 2.05) is 36.9 Å². The molecule has 3 unspecified atom stereocenters. The Kier molecular flexibility index (Phi) is 3.52. The zero-order valence-corrected chi connectivity index (χ0v) is 12.0. The third kappa shape index (κ3) is 2.03. The highest BCUT2D eigenvalue weighted by molar-refractivity contribution is 6.04. The summed E-state index contributed by atoms with van der Waals surface area (Å²) in [6.07, 6.45) is 1.20. The van der Waals surface area contributed by atoms with Crippen LogP contribution in [0.2, 0.25) is 0 Å². The van der Waals surface area contributed by atoms with Crippen molar-refractivity contribution in [3.8, 4) is 0 Å². The Morgan fingerprint density at radius 3 is 2.95 bits per heavy atom. The summed E-state index contributed by atoms with van der Waals surface area (Å²) in [6, 6.07) is 5.84. The SMILES string of the molecule is CCN1C(=O)C(C)c2cc(C(O)C3CCCO3)ccc21. The van der Waals surface area contributed by atoms with Crippen LogP contribution in [-0.4, -0.2) is 30.3 Å². The van der Waals surface area contributed by atoms with Gasteiger partial charge in [0.25, 0.3) is 0 Å². The molecule has 108 valence electrons. The molecule has 1 N–H and O–H groups in total. The van der Waals surface area contributed by atoms with Gasteiger partial charge in [-0.3, -0.25) is 4.79 Å². The second kappa shape index (κ2) is 5.19. The number of hydrogen-bond donors (Lipinski definition) is 1. The molecule has 2 aliphatic heterocycles. The number of anilines is 1. The van der Waals surface area contributed by atoms with Gasteiger partial charge in [0.2, 0.25) is 5.91 Å². The van der Waals surface area contributed by atoms with Crippen molar-refractivity contribution in [2.24, 2.45) is 0 Å². The molecular formula is C16H21NO3. The average Bonchev–Trinajstić information content (AvgIpc) is 3.07. The van der Waals surface area contributed by atoms with Crippen molar-refractivity contribution in [3.63, 3.8) is 0 Å². The van der Waals surface area contributed by atoms with Crippen molar-refractivity contribution in [2.45, 2.75) is 44.8 Å². The van der Waals surface area contributed by atoms with E-state index in [0.29, 0.717) is 6.54 Å². The molecule has 0 radical (unpaired) electrons. The van der Waals surface area contributed by atoms with Gasteiger partial charge in [-0.05, 0) is 43.9 Å². The highest BCUT2D eigenvalue weighted by atomic mass is 16.5. The van der Waals surface area contributed by atoms with Gasteiger partial charge in [-0.2, -0.15) is 0 Å². The number of likely N-dealkylation sites (N-methyl/N-ethyl adjacent to an activating group) is 1. The largest absolute Gasteiger partial charge is 0.386 e. The number of rotatable bonds is 3. The van der Waals surface area contributed by atoms with Crippen LogP contribution in [0.1, 0.15) is 49.8 Å². The van der Waals surface area contributed by atoms with Gasteiger partial charge in [0, 0.05) is 18.8 Å². The lowest BCUT2D eigenvalue weighted by Gasteiger charge is -2.19. The summed E-state index contributed by atoms with van der Waals surface area (Å²) in [5, 5.41) is 10.4. The average molecular weight is 275 g/mol. The van der Waals surface area contributed by atoms with Crippen molar-refractivity contribution in [3.05, 3.63) is 29.3 Å². The quantitative estimate of drug-likeness (QED) is 0.921. The van der Waals surface area contributed by atoms with Crippen LogP contribution < -0.4 is 4.90 Å². The maximum Gasteiger partial charge on any atom is 0.234 e. The number of hydrogen-bond acceptors (Lipinski definition) is 3. The van der Waals surface area contributed by atoms with Gasteiger partial charge in [-0.1, -0.05) is 12.1 Å². The van der Waals surface area contributed by atoms with Crippen LogP contribution in [0.5, 0.6) is 0 Å². The molecule has 3 rings (SSSR count). The molecule has 1 aromatic carbocycles. The molecule has 4 heteroatoms. The van der Waals surface area contributed by atoms with E-state index in [-0.39, 0.29) is 17.9 Å². The van der Waals surface area contributed by atoms with Crippen LogP contribution in [-0.2, 0) is 9.53 Å². The van der Waals surface area contributed by atoms with E-state index in [2.05, 4.69) is 0 Å². The van der Waals surface area contributed by atoms with Crippen molar-refractivity contribution < 1.29 is 14.6 Å².